The summed E-state index contributed by atoms with van der Waals surface area (Å²) in [5.41, 5.74) is 3.97. The van der Waals surface area contributed by atoms with Crippen LogP contribution in [0, 0.1) is 20.8 Å². The molecule has 0 unspecified atom stereocenters. The van der Waals surface area contributed by atoms with E-state index in [-0.39, 0.29) is 17.5 Å². The minimum Gasteiger partial charge on any atom is -0.348 e. The van der Waals surface area contributed by atoms with Gasteiger partial charge in [-0.2, -0.15) is 0 Å². The van der Waals surface area contributed by atoms with Crippen molar-refractivity contribution in [2.45, 2.75) is 38.6 Å². The van der Waals surface area contributed by atoms with Crippen LogP contribution in [0.3, 0.4) is 0 Å². The molecule has 32 heavy (non-hydrogen) atoms. The number of nitrogens with one attached hydrogen (secondary N) is 1. The molecule has 0 spiro atoms. The number of carbonyl (C=O) groups excluding carboxylic acids is 1. The Labute approximate surface area is 195 Å². The third kappa shape index (κ3) is 5.31. The molecule has 1 atom stereocenters. The van der Waals surface area contributed by atoms with E-state index in [1.807, 2.05) is 45.0 Å². The average Bonchev–Trinajstić information content (AvgIpc) is 2.75. The van der Waals surface area contributed by atoms with Gasteiger partial charge in [0.2, 0.25) is 5.91 Å². The van der Waals surface area contributed by atoms with Crippen molar-refractivity contribution >= 4 is 33.2 Å². The third-order valence-electron chi connectivity index (χ3n) is 5.36. The monoisotopic (exact) mass is 470 g/mol. The molecule has 1 N–H and O–H groups in total. The van der Waals surface area contributed by atoms with Crippen molar-refractivity contribution in [2.24, 2.45) is 0 Å². The number of aryl methyl sites for hydroxylation is 2. The lowest BCUT2D eigenvalue weighted by molar-refractivity contribution is -0.120. The van der Waals surface area contributed by atoms with E-state index in [1.165, 1.54) is 0 Å². The summed E-state index contributed by atoms with van der Waals surface area (Å²) in [4.78, 5) is 13.1. The molecule has 0 aliphatic carbocycles. The third-order valence-corrected chi connectivity index (χ3v) is 7.54. The predicted octanol–water partition coefficient (Wildman–Crippen LogP) is 5.34. The highest BCUT2D eigenvalue weighted by Crippen LogP contribution is 2.31. The molecule has 3 aromatic carbocycles. The maximum Gasteiger partial charge on any atom is 0.264 e. The van der Waals surface area contributed by atoms with Crippen LogP contribution < -0.4 is 9.62 Å². The summed E-state index contributed by atoms with van der Waals surface area (Å²) in [6, 6.07) is 19.1. The van der Waals surface area contributed by atoms with Crippen LogP contribution in [0.1, 0.15) is 35.2 Å². The maximum absolute atomic E-state index is 13.5. The number of halogens is 1. The van der Waals surface area contributed by atoms with Gasteiger partial charge >= 0.3 is 0 Å². The van der Waals surface area contributed by atoms with Crippen molar-refractivity contribution in [3.05, 3.63) is 94.0 Å². The highest BCUT2D eigenvalue weighted by Gasteiger charge is 2.29. The van der Waals surface area contributed by atoms with Crippen LogP contribution in [0.2, 0.25) is 5.02 Å². The molecule has 0 aliphatic rings. The topological polar surface area (TPSA) is 66.5 Å². The van der Waals surface area contributed by atoms with Gasteiger partial charge in [-0.3, -0.25) is 9.10 Å². The Kier molecular flexibility index (Phi) is 7.26. The fourth-order valence-corrected chi connectivity index (χ4v) is 5.01. The van der Waals surface area contributed by atoms with Gasteiger partial charge in [0.15, 0.2) is 0 Å². The van der Waals surface area contributed by atoms with Gasteiger partial charge in [-0.1, -0.05) is 65.2 Å². The van der Waals surface area contributed by atoms with E-state index in [0.29, 0.717) is 16.3 Å². The molecule has 0 aromatic heterocycles. The molecule has 5 nitrogen and oxygen atoms in total. The fourth-order valence-electron chi connectivity index (χ4n) is 3.36. The molecule has 0 aliphatic heterocycles. The Bertz CT molecular complexity index is 1210. The van der Waals surface area contributed by atoms with Crippen molar-refractivity contribution in [3.8, 4) is 0 Å². The number of rotatable bonds is 7. The first-order valence-electron chi connectivity index (χ1n) is 10.3. The van der Waals surface area contributed by atoms with Gasteiger partial charge in [0.1, 0.15) is 6.54 Å². The van der Waals surface area contributed by atoms with Gasteiger partial charge in [-0.25, -0.2) is 8.42 Å². The number of amides is 1. The second-order valence-electron chi connectivity index (χ2n) is 7.91. The van der Waals surface area contributed by atoms with Crippen LogP contribution in [0.4, 0.5) is 5.69 Å². The standard InChI is InChI=1S/C25H27ClN2O3S/c1-17-8-12-21(13-9-17)20(4)27-25(29)16-28(24-7-5-6-23(26)19(24)3)32(30,31)22-14-10-18(2)11-15-22/h5-15,20H,16H2,1-4H3,(H,27,29)/t20-/m1/s1. The number of benzene rings is 3. The lowest BCUT2D eigenvalue weighted by Gasteiger charge is -2.27. The zero-order valence-corrected chi connectivity index (χ0v) is 20.2. The summed E-state index contributed by atoms with van der Waals surface area (Å²) in [5.74, 6) is -0.409. The quantitative estimate of drug-likeness (QED) is 0.507. The normalized spacial score (nSPS) is 12.3. The van der Waals surface area contributed by atoms with Crippen LogP contribution in [0.25, 0.3) is 0 Å². The summed E-state index contributed by atoms with van der Waals surface area (Å²) in [5, 5.41) is 3.34. The van der Waals surface area contributed by atoms with Crippen LogP contribution in [0.5, 0.6) is 0 Å². The second kappa shape index (κ2) is 9.76. The molecule has 3 aromatic rings. The Morgan fingerprint density at radius 3 is 2.09 bits per heavy atom. The molecular weight excluding hydrogens is 444 g/mol. The van der Waals surface area contributed by atoms with Crippen molar-refractivity contribution < 1.29 is 13.2 Å². The number of hydrogen-bond acceptors (Lipinski definition) is 3. The zero-order valence-electron chi connectivity index (χ0n) is 18.6. The highest BCUT2D eigenvalue weighted by atomic mass is 35.5. The van der Waals surface area contributed by atoms with Gasteiger partial charge in [0.05, 0.1) is 16.6 Å². The SMILES string of the molecule is Cc1ccc([C@@H](C)NC(=O)CN(c2cccc(Cl)c2C)S(=O)(=O)c2ccc(C)cc2)cc1. The van der Waals surface area contributed by atoms with Gasteiger partial charge in [0.25, 0.3) is 10.0 Å². The van der Waals surface area contributed by atoms with Gasteiger partial charge in [-0.15, -0.1) is 0 Å². The minimum absolute atomic E-state index is 0.113. The van der Waals surface area contributed by atoms with E-state index in [1.54, 1.807) is 49.4 Å². The average molecular weight is 471 g/mol. The molecule has 0 saturated heterocycles. The zero-order chi connectivity index (χ0) is 23.5. The van der Waals surface area contributed by atoms with E-state index in [2.05, 4.69) is 5.32 Å². The van der Waals surface area contributed by atoms with Gasteiger partial charge in [-0.05, 0) is 63.1 Å². The molecule has 0 radical (unpaired) electrons. The fraction of sp³-hybridized carbons (Fsp3) is 0.240. The summed E-state index contributed by atoms with van der Waals surface area (Å²) < 4.78 is 28.2. The first-order valence-corrected chi connectivity index (χ1v) is 12.1. The molecule has 0 bridgehead atoms. The van der Waals surface area contributed by atoms with Crippen molar-refractivity contribution in [1.82, 2.24) is 5.32 Å². The lowest BCUT2D eigenvalue weighted by Crippen LogP contribution is -2.42. The Hall–Kier alpha value is -2.83. The minimum atomic E-state index is -4.00. The van der Waals surface area contributed by atoms with Crippen LogP contribution >= 0.6 is 11.6 Å². The molecule has 7 heteroatoms. The number of anilines is 1. The Morgan fingerprint density at radius 2 is 1.50 bits per heavy atom. The predicted molar refractivity (Wildman–Crippen MR) is 130 cm³/mol. The highest BCUT2D eigenvalue weighted by molar-refractivity contribution is 7.92. The first kappa shape index (κ1) is 23.8. The van der Waals surface area contributed by atoms with Crippen LogP contribution in [-0.2, 0) is 14.8 Å². The molecular formula is C25H27ClN2O3S. The lowest BCUT2D eigenvalue weighted by atomic mass is 10.1. The summed E-state index contributed by atoms with van der Waals surface area (Å²) in [7, 11) is -4.00. The van der Waals surface area contributed by atoms with Crippen molar-refractivity contribution in [1.29, 1.82) is 0 Å². The molecule has 0 heterocycles. The smallest absolute Gasteiger partial charge is 0.264 e. The number of carbonyl (C=O) groups is 1. The summed E-state index contributed by atoms with van der Waals surface area (Å²) in [6.07, 6.45) is 0. The largest absolute Gasteiger partial charge is 0.348 e. The molecule has 1 amide bonds. The number of hydrogen-bond donors (Lipinski definition) is 1. The van der Waals surface area contributed by atoms with E-state index in [9.17, 15) is 13.2 Å². The number of sulfonamides is 1. The van der Waals surface area contributed by atoms with E-state index >= 15 is 0 Å². The summed E-state index contributed by atoms with van der Waals surface area (Å²) >= 11 is 6.27. The molecule has 0 fully saturated rings. The molecule has 0 saturated carbocycles. The van der Waals surface area contributed by atoms with Crippen molar-refractivity contribution in [3.63, 3.8) is 0 Å². The van der Waals surface area contributed by atoms with E-state index < -0.39 is 15.9 Å². The van der Waals surface area contributed by atoms with Gasteiger partial charge < -0.3 is 5.32 Å². The molecule has 3 rings (SSSR count). The van der Waals surface area contributed by atoms with Crippen LogP contribution in [0.15, 0.2) is 71.6 Å². The van der Waals surface area contributed by atoms with Gasteiger partial charge in [0, 0.05) is 5.02 Å². The van der Waals surface area contributed by atoms with E-state index in [4.69, 9.17) is 11.6 Å². The maximum atomic E-state index is 13.5. The summed E-state index contributed by atoms with van der Waals surface area (Å²) in [6.45, 7) is 7.12. The Balaban J connectivity index is 1.94. The van der Waals surface area contributed by atoms with Crippen molar-refractivity contribution in [2.75, 3.05) is 10.8 Å². The van der Waals surface area contributed by atoms with E-state index in [0.717, 1.165) is 21.0 Å². The molecule has 168 valence electrons. The van der Waals surface area contributed by atoms with Crippen LogP contribution in [-0.4, -0.2) is 20.9 Å². The number of nitrogens with zero attached hydrogens (tertiary/aromatic N) is 1. The Morgan fingerprint density at radius 1 is 0.938 bits per heavy atom. The second-order valence-corrected chi connectivity index (χ2v) is 10.2. The first-order chi connectivity index (χ1) is 15.1.